The maximum Gasteiger partial charge on any atom is 1.00 e. The molecular formula is C25H21N2NaO3S. The van der Waals surface area contributed by atoms with Gasteiger partial charge in [-0.2, -0.15) is 18.2 Å². The number of aliphatic imine (C=N–C) groups is 1. The van der Waals surface area contributed by atoms with Crippen LogP contribution in [0.4, 0.5) is 5.69 Å². The molecule has 0 atom stereocenters. The molecule has 0 aliphatic carbocycles. The SMILES string of the molecule is CC(=O)O.Cc1ccc(-c2ccc(/C=C3/SC(=Nc4cc[c-]cc4)NC3=O)cc2)cc1.[Na+]. The van der Waals surface area contributed by atoms with Crippen LogP contribution in [0.2, 0.25) is 0 Å². The van der Waals surface area contributed by atoms with Gasteiger partial charge >= 0.3 is 29.6 Å². The fourth-order valence-electron chi connectivity index (χ4n) is 2.72. The predicted molar refractivity (Wildman–Crippen MR) is 126 cm³/mol. The van der Waals surface area contributed by atoms with E-state index in [0.717, 1.165) is 23.7 Å². The molecule has 5 nitrogen and oxygen atoms in total. The van der Waals surface area contributed by atoms with E-state index in [-0.39, 0.29) is 35.5 Å². The fourth-order valence-corrected chi connectivity index (χ4v) is 3.56. The number of hydrogen-bond acceptors (Lipinski definition) is 4. The fraction of sp³-hybridized carbons (Fsp3) is 0.0800. The van der Waals surface area contributed by atoms with Gasteiger partial charge < -0.3 is 10.4 Å². The van der Waals surface area contributed by atoms with Gasteiger partial charge in [0.05, 0.1) is 4.91 Å². The third kappa shape index (κ3) is 7.80. The molecule has 0 radical (unpaired) electrons. The Balaban J connectivity index is 0.000000672. The van der Waals surface area contributed by atoms with Crippen molar-refractivity contribution in [3.8, 4) is 11.1 Å². The second-order valence-electron chi connectivity index (χ2n) is 6.75. The smallest absolute Gasteiger partial charge is 0.481 e. The third-order valence-corrected chi connectivity index (χ3v) is 5.09. The first kappa shape index (κ1) is 25.6. The number of nitrogens with zero attached hydrogens (tertiary/aromatic N) is 1. The maximum absolute atomic E-state index is 12.2. The molecule has 0 unspecified atom stereocenters. The molecule has 2 N–H and O–H groups in total. The summed E-state index contributed by atoms with van der Waals surface area (Å²) in [6.45, 7) is 3.16. The Labute approximate surface area is 214 Å². The number of hydrogen-bond donors (Lipinski definition) is 2. The topological polar surface area (TPSA) is 78.8 Å². The van der Waals surface area contributed by atoms with Crippen LogP contribution in [0.5, 0.6) is 0 Å². The van der Waals surface area contributed by atoms with Crippen LogP contribution in [-0.4, -0.2) is 22.2 Å². The summed E-state index contributed by atoms with van der Waals surface area (Å²) < 4.78 is 0. The number of aryl methyl sites for hydroxylation is 1. The Morgan fingerprint density at radius 3 is 2.09 bits per heavy atom. The summed E-state index contributed by atoms with van der Waals surface area (Å²) in [7, 11) is 0. The largest absolute Gasteiger partial charge is 1.00 e. The summed E-state index contributed by atoms with van der Waals surface area (Å²) in [5.41, 5.74) is 5.36. The van der Waals surface area contributed by atoms with E-state index in [4.69, 9.17) is 9.90 Å². The molecule has 1 fully saturated rings. The molecule has 3 aromatic carbocycles. The first-order valence-corrected chi connectivity index (χ1v) is 10.3. The van der Waals surface area contributed by atoms with E-state index < -0.39 is 5.97 Å². The third-order valence-electron chi connectivity index (χ3n) is 4.18. The van der Waals surface area contributed by atoms with E-state index in [1.54, 1.807) is 12.1 Å². The Hall–Kier alpha value is -2.64. The van der Waals surface area contributed by atoms with Gasteiger partial charge in [0.25, 0.3) is 11.9 Å². The number of carbonyl (C=O) groups is 2. The zero-order valence-corrected chi connectivity index (χ0v) is 20.9. The number of aliphatic carboxylic acids is 1. The summed E-state index contributed by atoms with van der Waals surface area (Å²) in [5.74, 6) is -0.955. The molecule has 7 heteroatoms. The zero-order chi connectivity index (χ0) is 22.2. The second kappa shape index (κ2) is 12.4. The van der Waals surface area contributed by atoms with Crippen molar-refractivity contribution in [1.82, 2.24) is 5.32 Å². The van der Waals surface area contributed by atoms with E-state index in [1.165, 1.54) is 22.9 Å². The Morgan fingerprint density at radius 1 is 1.00 bits per heavy atom. The molecule has 1 amide bonds. The summed E-state index contributed by atoms with van der Waals surface area (Å²) in [4.78, 5) is 26.3. The number of carboxylic acids is 1. The van der Waals surface area contributed by atoms with Crippen molar-refractivity contribution >= 4 is 40.6 Å². The molecule has 0 aromatic heterocycles. The van der Waals surface area contributed by atoms with Gasteiger partial charge in [-0.25, -0.2) is 0 Å². The maximum atomic E-state index is 12.2. The van der Waals surface area contributed by atoms with Crippen molar-refractivity contribution in [1.29, 1.82) is 0 Å². The number of nitrogens with one attached hydrogen (secondary N) is 1. The first-order valence-electron chi connectivity index (χ1n) is 9.53. The molecule has 1 heterocycles. The van der Waals surface area contributed by atoms with Crippen LogP contribution in [0.25, 0.3) is 17.2 Å². The molecule has 1 aliphatic rings. The standard InChI is InChI=1S/C23H17N2OS.C2H4O2.Na/c1-16-7-11-18(12-8-16)19-13-9-17(10-14-19)15-21-22(26)25-23(27-21)24-20-5-3-2-4-6-20;1-2(3)4;/h3-15H,1H3,(H,24,25,26);1H3,(H,3,4);/q-1;;+1/b21-15+;;. The summed E-state index contributed by atoms with van der Waals surface area (Å²) in [5, 5.41) is 10.8. The number of rotatable bonds is 3. The van der Waals surface area contributed by atoms with Gasteiger partial charge in [0.15, 0.2) is 5.17 Å². The van der Waals surface area contributed by atoms with Crippen molar-refractivity contribution in [3.63, 3.8) is 0 Å². The van der Waals surface area contributed by atoms with Crippen molar-refractivity contribution in [3.05, 3.63) is 94.9 Å². The van der Waals surface area contributed by atoms with Gasteiger partial charge in [0.2, 0.25) is 0 Å². The molecular weight excluding hydrogens is 431 g/mol. The van der Waals surface area contributed by atoms with Gasteiger partial charge in [-0.3, -0.25) is 14.6 Å². The van der Waals surface area contributed by atoms with Crippen LogP contribution in [0, 0.1) is 13.0 Å². The Morgan fingerprint density at radius 2 is 1.53 bits per heavy atom. The number of amidine groups is 1. The van der Waals surface area contributed by atoms with E-state index in [2.05, 4.69) is 59.7 Å². The summed E-state index contributed by atoms with van der Waals surface area (Å²) >= 11 is 1.35. The Bertz CT molecular complexity index is 1120. The van der Waals surface area contributed by atoms with Crippen molar-refractivity contribution in [2.75, 3.05) is 0 Å². The molecule has 0 bridgehead atoms. The van der Waals surface area contributed by atoms with E-state index in [0.29, 0.717) is 10.1 Å². The van der Waals surface area contributed by atoms with Gasteiger partial charge in [-0.1, -0.05) is 54.1 Å². The van der Waals surface area contributed by atoms with E-state index in [9.17, 15) is 4.79 Å². The van der Waals surface area contributed by atoms with Crippen LogP contribution in [0.3, 0.4) is 0 Å². The zero-order valence-electron chi connectivity index (χ0n) is 18.1. The van der Waals surface area contributed by atoms with Crippen LogP contribution < -0.4 is 34.9 Å². The van der Waals surface area contributed by atoms with Crippen molar-refractivity contribution < 1.29 is 44.3 Å². The molecule has 4 rings (SSSR count). The molecule has 1 saturated heterocycles. The van der Waals surface area contributed by atoms with Crippen LogP contribution in [0.1, 0.15) is 18.1 Å². The summed E-state index contributed by atoms with van der Waals surface area (Å²) in [6.07, 6.45) is 1.89. The first-order chi connectivity index (χ1) is 14.9. The van der Waals surface area contributed by atoms with Crippen LogP contribution >= 0.6 is 11.8 Å². The molecule has 156 valence electrons. The minimum atomic E-state index is -0.833. The average Bonchev–Trinajstić information content (AvgIpc) is 3.08. The molecule has 3 aromatic rings. The van der Waals surface area contributed by atoms with E-state index in [1.807, 2.05) is 30.3 Å². The van der Waals surface area contributed by atoms with Crippen LogP contribution in [-0.2, 0) is 9.59 Å². The number of amides is 1. The van der Waals surface area contributed by atoms with Gasteiger partial charge in [0.1, 0.15) is 0 Å². The Kier molecular flexibility index (Phi) is 9.94. The normalized spacial score (nSPS) is 14.9. The van der Waals surface area contributed by atoms with Gasteiger partial charge in [-0.15, -0.1) is 12.1 Å². The molecule has 1 aliphatic heterocycles. The molecule has 0 saturated carbocycles. The average molecular weight is 453 g/mol. The molecule has 32 heavy (non-hydrogen) atoms. The quantitative estimate of drug-likeness (QED) is 0.364. The van der Waals surface area contributed by atoms with Gasteiger partial charge in [-0.05, 0) is 47.1 Å². The number of carboxylic acid groups (broad SMARTS) is 1. The van der Waals surface area contributed by atoms with Gasteiger partial charge in [0, 0.05) is 6.92 Å². The van der Waals surface area contributed by atoms with E-state index >= 15 is 0 Å². The van der Waals surface area contributed by atoms with Crippen molar-refractivity contribution in [2.24, 2.45) is 4.99 Å². The number of carbonyl (C=O) groups excluding carboxylic acids is 1. The predicted octanol–water partition coefficient (Wildman–Crippen LogP) is 2.45. The monoisotopic (exact) mass is 452 g/mol. The minimum absolute atomic E-state index is 0. The van der Waals surface area contributed by atoms with Crippen LogP contribution in [0.15, 0.2) is 82.7 Å². The van der Waals surface area contributed by atoms with Crippen molar-refractivity contribution in [2.45, 2.75) is 13.8 Å². The molecule has 0 spiro atoms. The number of benzene rings is 3. The summed E-state index contributed by atoms with van der Waals surface area (Å²) in [6, 6.07) is 26.9. The number of thioether (sulfide) groups is 1. The second-order valence-corrected chi connectivity index (χ2v) is 7.78. The minimum Gasteiger partial charge on any atom is -0.481 e.